The number of aryl methyl sites for hydroxylation is 1. The SMILES string of the molecule is Cc1cccc(N(OC(=O)C(F)(F)F)C(N)=O)c1. The van der Waals surface area contributed by atoms with Crippen molar-refractivity contribution in [1.29, 1.82) is 0 Å². The van der Waals surface area contributed by atoms with Gasteiger partial charge in [-0.15, -0.1) is 5.06 Å². The molecule has 2 N–H and O–H groups in total. The normalized spacial score (nSPS) is 10.9. The van der Waals surface area contributed by atoms with E-state index in [1.54, 1.807) is 13.0 Å². The van der Waals surface area contributed by atoms with Gasteiger partial charge in [0.1, 0.15) is 0 Å². The highest BCUT2D eigenvalue weighted by Crippen LogP contribution is 2.21. The summed E-state index contributed by atoms with van der Waals surface area (Å²) >= 11 is 0. The van der Waals surface area contributed by atoms with Crippen molar-refractivity contribution >= 4 is 17.7 Å². The van der Waals surface area contributed by atoms with Crippen LogP contribution in [0.4, 0.5) is 23.7 Å². The van der Waals surface area contributed by atoms with Gasteiger partial charge in [-0.2, -0.15) is 13.2 Å². The van der Waals surface area contributed by atoms with Crippen LogP contribution in [0.3, 0.4) is 0 Å². The summed E-state index contributed by atoms with van der Waals surface area (Å²) in [6.45, 7) is 1.65. The van der Waals surface area contributed by atoms with Crippen molar-refractivity contribution in [3.05, 3.63) is 29.8 Å². The minimum absolute atomic E-state index is 0.0694. The van der Waals surface area contributed by atoms with Crippen molar-refractivity contribution in [2.75, 3.05) is 5.06 Å². The van der Waals surface area contributed by atoms with Crippen LogP contribution < -0.4 is 10.8 Å². The maximum Gasteiger partial charge on any atom is 0.493 e. The van der Waals surface area contributed by atoms with Crippen LogP contribution in [-0.4, -0.2) is 18.2 Å². The van der Waals surface area contributed by atoms with Crippen LogP contribution >= 0.6 is 0 Å². The number of hydroxylamine groups is 1. The molecule has 0 aliphatic rings. The predicted molar refractivity (Wildman–Crippen MR) is 55.4 cm³/mol. The van der Waals surface area contributed by atoms with E-state index in [0.717, 1.165) is 0 Å². The lowest BCUT2D eigenvalue weighted by atomic mass is 10.2. The van der Waals surface area contributed by atoms with Crippen molar-refractivity contribution in [1.82, 2.24) is 0 Å². The molecule has 18 heavy (non-hydrogen) atoms. The number of carbonyl (C=O) groups excluding carboxylic acids is 2. The second kappa shape index (κ2) is 4.94. The molecule has 98 valence electrons. The molecule has 0 aliphatic heterocycles. The summed E-state index contributed by atoms with van der Waals surface area (Å²) in [6.07, 6.45) is -5.21. The Morgan fingerprint density at radius 1 is 1.33 bits per heavy atom. The van der Waals surface area contributed by atoms with E-state index in [2.05, 4.69) is 4.84 Å². The third-order valence-electron chi connectivity index (χ3n) is 1.84. The number of benzene rings is 1. The van der Waals surface area contributed by atoms with Crippen molar-refractivity contribution in [3.63, 3.8) is 0 Å². The smallest absolute Gasteiger partial charge is 0.349 e. The summed E-state index contributed by atoms with van der Waals surface area (Å²) in [5, 5.41) is 0.0861. The molecule has 1 aromatic rings. The molecule has 1 aromatic carbocycles. The number of halogens is 3. The molecule has 0 saturated carbocycles. The van der Waals surface area contributed by atoms with E-state index in [1.807, 2.05) is 0 Å². The molecule has 0 fully saturated rings. The van der Waals surface area contributed by atoms with Gasteiger partial charge in [-0.25, -0.2) is 9.59 Å². The topological polar surface area (TPSA) is 72.6 Å². The third-order valence-corrected chi connectivity index (χ3v) is 1.84. The Hall–Kier alpha value is -2.25. The monoisotopic (exact) mass is 262 g/mol. The molecule has 0 saturated heterocycles. The van der Waals surface area contributed by atoms with Gasteiger partial charge in [0, 0.05) is 0 Å². The molecule has 0 atom stereocenters. The zero-order valence-corrected chi connectivity index (χ0v) is 9.19. The Balaban J connectivity index is 2.98. The highest BCUT2D eigenvalue weighted by Gasteiger charge is 2.43. The average Bonchev–Trinajstić information content (AvgIpc) is 2.23. The summed E-state index contributed by atoms with van der Waals surface area (Å²) in [5.74, 6) is -2.53. The van der Waals surface area contributed by atoms with Gasteiger partial charge in [-0.1, -0.05) is 12.1 Å². The summed E-state index contributed by atoms with van der Waals surface area (Å²) < 4.78 is 36.0. The Morgan fingerprint density at radius 2 is 1.94 bits per heavy atom. The van der Waals surface area contributed by atoms with Gasteiger partial charge < -0.3 is 10.6 Å². The maximum atomic E-state index is 12.0. The number of alkyl halides is 3. The number of primary amides is 1. The number of hydrogen-bond acceptors (Lipinski definition) is 3. The molecule has 0 heterocycles. The molecule has 0 unspecified atom stereocenters. The van der Waals surface area contributed by atoms with Crippen LogP contribution in [0.1, 0.15) is 5.56 Å². The number of urea groups is 1. The molecule has 0 aliphatic carbocycles. The van der Waals surface area contributed by atoms with Crippen LogP contribution in [0.15, 0.2) is 24.3 Å². The van der Waals surface area contributed by atoms with Gasteiger partial charge in [0.2, 0.25) is 0 Å². The molecule has 0 aromatic heterocycles. The maximum absolute atomic E-state index is 12.0. The fourth-order valence-corrected chi connectivity index (χ4v) is 1.11. The lowest BCUT2D eigenvalue weighted by Crippen LogP contribution is -2.41. The van der Waals surface area contributed by atoms with Gasteiger partial charge >= 0.3 is 18.2 Å². The molecule has 0 bridgehead atoms. The molecule has 0 spiro atoms. The lowest BCUT2D eigenvalue weighted by Gasteiger charge is -2.19. The first kappa shape index (κ1) is 13.8. The van der Waals surface area contributed by atoms with E-state index in [-0.39, 0.29) is 10.8 Å². The first-order valence-corrected chi connectivity index (χ1v) is 4.67. The van der Waals surface area contributed by atoms with Gasteiger partial charge in [0.25, 0.3) is 0 Å². The van der Waals surface area contributed by atoms with Crippen molar-refractivity contribution in [2.45, 2.75) is 13.1 Å². The number of amides is 2. The Kier molecular flexibility index (Phi) is 3.79. The van der Waals surface area contributed by atoms with Gasteiger partial charge in [0.15, 0.2) is 0 Å². The molecule has 2 amide bonds. The van der Waals surface area contributed by atoms with Gasteiger partial charge in [-0.05, 0) is 24.6 Å². The molecule has 5 nitrogen and oxygen atoms in total. The first-order valence-electron chi connectivity index (χ1n) is 4.67. The summed E-state index contributed by atoms with van der Waals surface area (Å²) in [5.41, 5.74) is 5.44. The van der Waals surface area contributed by atoms with Crippen LogP contribution in [0.25, 0.3) is 0 Å². The zero-order chi connectivity index (χ0) is 13.9. The van der Waals surface area contributed by atoms with E-state index in [1.165, 1.54) is 18.2 Å². The van der Waals surface area contributed by atoms with E-state index >= 15 is 0 Å². The lowest BCUT2D eigenvalue weighted by molar-refractivity contribution is -0.199. The Bertz CT molecular complexity index is 474. The minimum atomic E-state index is -5.21. The molecule has 0 radical (unpaired) electrons. The quantitative estimate of drug-likeness (QED) is 0.785. The van der Waals surface area contributed by atoms with Crippen molar-refractivity contribution in [3.8, 4) is 0 Å². The van der Waals surface area contributed by atoms with Crippen molar-refractivity contribution in [2.24, 2.45) is 5.73 Å². The van der Waals surface area contributed by atoms with E-state index in [9.17, 15) is 22.8 Å². The van der Waals surface area contributed by atoms with Gasteiger partial charge in [0.05, 0.1) is 5.69 Å². The molecule has 1 rings (SSSR count). The molecular weight excluding hydrogens is 253 g/mol. The van der Waals surface area contributed by atoms with Crippen LogP contribution in [0.5, 0.6) is 0 Å². The van der Waals surface area contributed by atoms with Crippen molar-refractivity contribution < 1.29 is 27.6 Å². The fourth-order valence-electron chi connectivity index (χ4n) is 1.11. The Morgan fingerprint density at radius 3 is 2.39 bits per heavy atom. The second-order valence-electron chi connectivity index (χ2n) is 3.35. The van der Waals surface area contributed by atoms with E-state index in [4.69, 9.17) is 5.73 Å². The number of nitrogens with two attached hydrogens (primary N) is 1. The number of rotatable bonds is 1. The molecular formula is C10H9F3N2O3. The van der Waals surface area contributed by atoms with Gasteiger partial charge in [-0.3, -0.25) is 0 Å². The highest BCUT2D eigenvalue weighted by molar-refractivity contribution is 5.91. The fraction of sp³-hybridized carbons (Fsp3) is 0.200. The molecule has 8 heteroatoms. The number of hydrogen-bond donors (Lipinski definition) is 1. The Labute approximate surface area is 99.9 Å². The largest absolute Gasteiger partial charge is 0.493 e. The summed E-state index contributed by atoms with van der Waals surface area (Å²) in [7, 11) is 0. The van der Waals surface area contributed by atoms with E-state index in [0.29, 0.717) is 5.56 Å². The highest BCUT2D eigenvalue weighted by atomic mass is 19.4. The predicted octanol–water partition coefficient (Wildman–Crippen LogP) is 1.90. The van der Waals surface area contributed by atoms with E-state index < -0.39 is 18.2 Å². The standard InChI is InChI=1S/C10H9F3N2O3/c1-6-3-2-4-7(5-6)15(9(14)17)18-8(16)10(11,12)13/h2-5H,1H3,(H2,14,17). The number of anilines is 1. The average molecular weight is 262 g/mol. The summed E-state index contributed by atoms with van der Waals surface area (Å²) in [6, 6.07) is 4.41. The van der Waals surface area contributed by atoms with Crippen LogP contribution in [0, 0.1) is 6.92 Å². The minimum Gasteiger partial charge on any atom is -0.349 e. The zero-order valence-electron chi connectivity index (χ0n) is 9.19. The first-order chi connectivity index (χ1) is 8.21. The van der Waals surface area contributed by atoms with Crippen LogP contribution in [-0.2, 0) is 9.63 Å². The number of carbonyl (C=O) groups is 2. The van der Waals surface area contributed by atoms with Crippen LogP contribution in [0.2, 0.25) is 0 Å². The summed E-state index contributed by atoms with van der Waals surface area (Å²) in [4.78, 5) is 25.5. The second-order valence-corrected chi connectivity index (χ2v) is 3.35. The number of nitrogens with zero attached hydrogens (tertiary/aromatic N) is 1. The third kappa shape index (κ3) is 3.37.